The van der Waals surface area contributed by atoms with E-state index in [9.17, 15) is 24.3 Å². The fourth-order valence-electron chi connectivity index (χ4n) is 2.26. The van der Waals surface area contributed by atoms with Crippen LogP contribution >= 0.6 is 0 Å². The molecule has 2 radical (unpaired) electrons. The van der Waals surface area contributed by atoms with E-state index in [1.165, 1.54) is 0 Å². The highest BCUT2D eigenvalue weighted by atomic mass is 16.5. The summed E-state index contributed by atoms with van der Waals surface area (Å²) in [6.45, 7) is 6.04. The van der Waals surface area contributed by atoms with Crippen molar-refractivity contribution in [3.05, 3.63) is 29.8 Å². The van der Waals surface area contributed by atoms with Gasteiger partial charge in [0.1, 0.15) is 12.6 Å². The van der Waals surface area contributed by atoms with Crippen molar-refractivity contribution in [2.75, 3.05) is 18.5 Å². The number of aliphatic hydroxyl groups excluding tert-OH is 1. The van der Waals surface area contributed by atoms with Crippen molar-refractivity contribution < 1.29 is 29.0 Å². The number of ether oxygens (including phenoxy) is 1. The van der Waals surface area contributed by atoms with E-state index < -0.39 is 35.0 Å². The van der Waals surface area contributed by atoms with Crippen LogP contribution in [0.15, 0.2) is 24.3 Å². The minimum atomic E-state index is -1.03. The average molecular weight is 417 g/mol. The van der Waals surface area contributed by atoms with Gasteiger partial charge < -0.3 is 25.8 Å². The third-order valence-electron chi connectivity index (χ3n) is 4.29. The number of carbonyl (C=O) groups excluding carboxylic acids is 4. The molecule has 0 heterocycles. The number of carbonyl (C=O) groups is 4. The Morgan fingerprint density at radius 2 is 1.73 bits per heavy atom. The van der Waals surface area contributed by atoms with Crippen molar-refractivity contribution >= 4 is 37.1 Å². The number of hydrogen-bond acceptors (Lipinski definition) is 6. The van der Waals surface area contributed by atoms with Gasteiger partial charge in [0.05, 0.1) is 18.6 Å². The lowest BCUT2D eigenvalue weighted by Crippen LogP contribution is -2.54. The van der Waals surface area contributed by atoms with Crippen molar-refractivity contribution in [3.8, 4) is 0 Å². The number of nitrogens with one attached hydrogen (secondary N) is 3. The highest BCUT2D eigenvalue weighted by Crippen LogP contribution is 2.15. The second-order valence-corrected chi connectivity index (χ2v) is 7.81. The summed E-state index contributed by atoms with van der Waals surface area (Å²) in [6, 6.07) is 5.70. The first kappa shape index (κ1) is 25.2. The quantitative estimate of drug-likeness (QED) is 0.415. The van der Waals surface area contributed by atoms with E-state index in [0.717, 1.165) is 0 Å². The zero-order chi connectivity index (χ0) is 22.9. The van der Waals surface area contributed by atoms with Gasteiger partial charge in [-0.05, 0) is 37.5 Å². The summed E-state index contributed by atoms with van der Waals surface area (Å²) >= 11 is 0. The molecule has 0 aromatic heterocycles. The maximum absolute atomic E-state index is 12.4. The molecular formula is C20H28BN3O6. The lowest BCUT2D eigenvalue weighted by Gasteiger charge is -2.27. The lowest BCUT2D eigenvalue weighted by atomic mass is 9.92. The fourth-order valence-corrected chi connectivity index (χ4v) is 2.26. The molecule has 0 fully saturated rings. The number of anilines is 1. The van der Waals surface area contributed by atoms with E-state index in [1.807, 2.05) is 0 Å². The second kappa shape index (κ2) is 11.3. The SMILES string of the molecule is [B]C(=O)OCc1ccc(NC(=O)CNC(=O)C(NC(=O)C(C)(C)CO)C(C)C)cc1. The molecular weight excluding hydrogens is 389 g/mol. The minimum absolute atomic E-state index is 0.0228. The van der Waals surface area contributed by atoms with Gasteiger partial charge in [-0.15, -0.1) is 0 Å². The van der Waals surface area contributed by atoms with E-state index in [2.05, 4.69) is 20.7 Å². The zero-order valence-corrected chi connectivity index (χ0v) is 17.7. The minimum Gasteiger partial charge on any atom is -0.470 e. The number of aliphatic hydroxyl groups is 1. The molecule has 0 saturated heterocycles. The van der Waals surface area contributed by atoms with Gasteiger partial charge in [0, 0.05) is 5.69 Å². The van der Waals surface area contributed by atoms with Crippen LogP contribution in [0.3, 0.4) is 0 Å². The average Bonchev–Trinajstić information content (AvgIpc) is 2.69. The Hall–Kier alpha value is -2.88. The number of hydrogen-bond donors (Lipinski definition) is 4. The molecule has 9 nitrogen and oxygen atoms in total. The van der Waals surface area contributed by atoms with Crippen LogP contribution in [0.5, 0.6) is 0 Å². The second-order valence-electron chi connectivity index (χ2n) is 7.81. The Bertz CT molecular complexity index is 764. The molecule has 1 aromatic carbocycles. The van der Waals surface area contributed by atoms with Gasteiger partial charge in [0.15, 0.2) is 0 Å². The first-order valence-electron chi connectivity index (χ1n) is 9.47. The summed E-state index contributed by atoms with van der Waals surface area (Å²) in [4.78, 5) is 47.4. The van der Waals surface area contributed by atoms with Crippen molar-refractivity contribution in [2.45, 2.75) is 40.3 Å². The molecule has 0 spiro atoms. The van der Waals surface area contributed by atoms with E-state index in [0.29, 0.717) is 11.3 Å². The molecule has 0 aliphatic rings. The van der Waals surface area contributed by atoms with Crippen LogP contribution in [0.2, 0.25) is 0 Å². The standard InChI is InChI=1S/C20H28BN3O6/c1-12(2)16(24-18(28)20(3,4)11-25)17(27)22-9-15(26)23-14-7-5-13(6-8-14)10-30-19(21)29/h5-8,12,16,25H,9-11H2,1-4H3,(H,22,27)(H,23,26)(H,24,28). The van der Waals surface area contributed by atoms with Crippen LogP contribution in [-0.4, -0.2) is 55.7 Å². The first-order chi connectivity index (χ1) is 14.0. The molecule has 10 heteroatoms. The van der Waals surface area contributed by atoms with Gasteiger partial charge in [-0.25, -0.2) is 0 Å². The normalized spacial score (nSPS) is 12.1. The summed E-state index contributed by atoms with van der Waals surface area (Å²) < 4.78 is 4.67. The predicted molar refractivity (Wildman–Crippen MR) is 112 cm³/mol. The first-order valence-corrected chi connectivity index (χ1v) is 9.47. The molecule has 0 saturated carbocycles. The van der Waals surface area contributed by atoms with Gasteiger partial charge in [-0.3, -0.25) is 19.2 Å². The van der Waals surface area contributed by atoms with E-state index in [1.54, 1.807) is 52.0 Å². The van der Waals surface area contributed by atoms with Gasteiger partial charge in [0.2, 0.25) is 31.4 Å². The Kier molecular flexibility index (Phi) is 9.52. The van der Waals surface area contributed by atoms with Crippen molar-refractivity contribution in [1.82, 2.24) is 10.6 Å². The van der Waals surface area contributed by atoms with E-state index in [-0.39, 0.29) is 25.7 Å². The largest absolute Gasteiger partial charge is 0.470 e. The van der Waals surface area contributed by atoms with Crippen LogP contribution < -0.4 is 16.0 Å². The van der Waals surface area contributed by atoms with Crippen molar-refractivity contribution in [1.29, 1.82) is 0 Å². The smallest absolute Gasteiger partial charge is 0.243 e. The summed E-state index contributed by atoms with van der Waals surface area (Å²) in [5, 5.41) is 17.0. The lowest BCUT2D eigenvalue weighted by molar-refractivity contribution is -0.136. The van der Waals surface area contributed by atoms with Gasteiger partial charge in [0.25, 0.3) is 0 Å². The van der Waals surface area contributed by atoms with Crippen LogP contribution in [0.25, 0.3) is 0 Å². The highest BCUT2D eigenvalue weighted by Gasteiger charge is 2.32. The Labute approximate surface area is 177 Å². The zero-order valence-electron chi connectivity index (χ0n) is 17.7. The van der Waals surface area contributed by atoms with Crippen LogP contribution in [0, 0.1) is 11.3 Å². The van der Waals surface area contributed by atoms with E-state index >= 15 is 0 Å². The maximum Gasteiger partial charge on any atom is 0.243 e. The number of benzene rings is 1. The Morgan fingerprint density at radius 3 is 2.23 bits per heavy atom. The monoisotopic (exact) mass is 417 g/mol. The Morgan fingerprint density at radius 1 is 1.13 bits per heavy atom. The summed E-state index contributed by atoms with van der Waals surface area (Å²) in [7, 11) is 4.90. The summed E-state index contributed by atoms with van der Waals surface area (Å²) in [5.74, 6) is -2.50. The van der Waals surface area contributed by atoms with Gasteiger partial charge in [-0.1, -0.05) is 26.0 Å². The molecule has 3 amide bonds. The maximum atomic E-state index is 12.4. The molecule has 4 N–H and O–H groups in total. The molecule has 0 aliphatic heterocycles. The van der Waals surface area contributed by atoms with Crippen LogP contribution in [-0.2, 0) is 25.7 Å². The molecule has 162 valence electrons. The molecule has 1 aromatic rings. The van der Waals surface area contributed by atoms with E-state index in [4.69, 9.17) is 7.85 Å². The molecule has 1 rings (SSSR count). The molecule has 1 atom stereocenters. The molecule has 0 bridgehead atoms. The molecule has 0 aliphatic carbocycles. The Balaban J connectivity index is 2.58. The van der Waals surface area contributed by atoms with Gasteiger partial charge >= 0.3 is 0 Å². The van der Waals surface area contributed by atoms with Crippen LogP contribution in [0.1, 0.15) is 33.3 Å². The highest BCUT2D eigenvalue weighted by molar-refractivity contribution is 6.55. The number of amides is 3. The molecule has 1 unspecified atom stereocenters. The fraction of sp³-hybridized carbons (Fsp3) is 0.500. The van der Waals surface area contributed by atoms with Gasteiger partial charge in [-0.2, -0.15) is 0 Å². The van der Waals surface area contributed by atoms with Crippen LogP contribution in [0.4, 0.5) is 10.5 Å². The predicted octanol–water partition coefficient (Wildman–Crippen LogP) is 0.706. The number of rotatable bonds is 10. The third kappa shape index (κ3) is 8.24. The van der Waals surface area contributed by atoms with Crippen molar-refractivity contribution in [3.63, 3.8) is 0 Å². The molecule has 30 heavy (non-hydrogen) atoms. The summed E-state index contributed by atoms with van der Waals surface area (Å²) in [5.41, 5.74) is 0.163. The third-order valence-corrected chi connectivity index (χ3v) is 4.29. The summed E-state index contributed by atoms with van der Waals surface area (Å²) in [6.07, 6.45) is 0. The van der Waals surface area contributed by atoms with Crippen molar-refractivity contribution in [2.24, 2.45) is 11.3 Å². The topological polar surface area (TPSA) is 134 Å².